The number of unbranched alkanes of at least 4 members (excludes halogenated alkanes) is 1. The molecule has 0 radical (unpaired) electrons. The molecule has 25 heavy (non-hydrogen) atoms. The Bertz CT molecular complexity index is 726. The number of hydrogen-bond acceptors (Lipinski definition) is 3. The molecule has 0 bridgehead atoms. The van der Waals surface area contributed by atoms with Gasteiger partial charge in [-0.15, -0.1) is 0 Å². The molecule has 4 nitrogen and oxygen atoms in total. The molecule has 0 unspecified atom stereocenters. The van der Waals surface area contributed by atoms with Crippen molar-refractivity contribution in [3.63, 3.8) is 0 Å². The van der Waals surface area contributed by atoms with Gasteiger partial charge < -0.3 is 10.6 Å². The quantitative estimate of drug-likeness (QED) is 0.769. The number of nitrogens with one attached hydrogen (secondary N) is 2. The third-order valence-corrected chi connectivity index (χ3v) is 5.15. The third kappa shape index (κ3) is 4.85. The Labute approximate surface area is 154 Å². The maximum atomic E-state index is 11.9. The molecule has 0 aliphatic heterocycles. The van der Waals surface area contributed by atoms with Gasteiger partial charge in [-0.1, -0.05) is 24.9 Å². The Hall–Kier alpha value is -1.81. The van der Waals surface area contributed by atoms with Crippen molar-refractivity contribution in [2.24, 2.45) is 0 Å². The fourth-order valence-electron chi connectivity index (χ4n) is 3.49. The van der Waals surface area contributed by atoms with Gasteiger partial charge in [-0.3, -0.25) is 9.78 Å². The second kappa shape index (κ2) is 8.52. The van der Waals surface area contributed by atoms with E-state index in [0.717, 1.165) is 55.1 Å². The van der Waals surface area contributed by atoms with Crippen LogP contribution < -0.4 is 10.6 Å². The maximum Gasteiger partial charge on any atom is 0.220 e. The first-order valence-corrected chi connectivity index (χ1v) is 9.63. The second-order valence-electron chi connectivity index (χ2n) is 6.88. The van der Waals surface area contributed by atoms with Crippen molar-refractivity contribution in [2.45, 2.75) is 64.0 Å². The SMILES string of the molecule is CCCCC(=O)NC1CCC(Nc2ccnc3cc(Cl)ccc23)CC1. The topological polar surface area (TPSA) is 54.0 Å². The van der Waals surface area contributed by atoms with Crippen molar-refractivity contribution in [1.82, 2.24) is 10.3 Å². The summed E-state index contributed by atoms with van der Waals surface area (Å²) in [5.41, 5.74) is 2.02. The lowest BCUT2D eigenvalue weighted by Crippen LogP contribution is -2.40. The van der Waals surface area contributed by atoms with Crippen LogP contribution >= 0.6 is 11.6 Å². The van der Waals surface area contributed by atoms with Crippen molar-refractivity contribution in [3.05, 3.63) is 35.5 Å². The summed E-state index contributed by atoms with van der Waals surface area (Å²) in [6, 6.07) is 8.60. The van der Waals surface area contributed by atoms with Gasteiger partial charge in [0.1, 0.15) is 0 Å². The lowest BCUT2D eigenvalue weighted by atomic mass is 9.90. The number of benzene rings is 1. The first kappa shape index (κ1) is 18.0. The molecule has 3 rings (SSSR count). The predicted molar refractivity (Wildman–Crippen MR) is 104 cm³/mol. The molecule has 1 saturated carbocycles. The van der Waals surface area contributed by atoms with Crippen LogP contribution in [0.25, 0.3) is 10.9 Å². The van der Waals surface area contributed by atoms with E-state index in [1.165, 1.54) is 0 Å². The number of pyridine rings is 1. The van der Waals surface area contributed by atoms with Crippen molar-refractivity contribution in [1.29, 1.82) is 0 Å². The number of carbonyl (C=O) groups excluding carboxylic acids is 1. The van der Waals surface area contributed by atoms with Gasteiger partial charge in [0.05, 0.1) is 5.52 Å². The molecule has 0 atom stereocenters. The highest BCUT2D eigenvalue weighted by Crippen LogP contribution is 2.28. The molecule has 1 heterocycles. The smallest absolute Gasteiger partial charge is 0.220 e. The van der Waals surface area contributed by atoms with E-state index in [2.05, 4.69) is 22.5 Å². The van der Waals surface area contributed by atoms with Crippen LogP contribution in [-0.4, -0.2) is 23.0 Å². The molecule has 1 aromatic heterocycles. The summed E-state index contributed by atoms with van der Waals surface area (Å²) in [7, 11) is 0. The lowest BCUT2D eigenvalue weighted by molar-refractivity contribution is -0.122. The average Bonchev–Trinajstić information content (AvgIpc) is 2.61. The molecule has 1 aromatic carbocycles. The number of carbonyl (C=O) groups is 1. The van der Waals surface area contributed by atoms with E-state index in [9.17, 15) is 4.79 Å². The minimum atomic E-state index is 0.204. The van der Waals surface area contributed by atoms with Crippen LogP contribution in [0.5, 0.6) is 0 Å². The van der Waals surface area contributed by atoms with Crippen molar-refractivity contribution in [3.8, 4) is 0 Å². The number of anilines is 1. The van der Waals surface area contributed by atoms with Crippen LogP contribution in [0.1, 0.15) is 51.9 Å². The van der Waals surface area contributed by atoms with Gasteiger partial charge in [-0.25, -0.2) is 0 Å². The molecule has 2 aromatic rings. The zero-order chi connectivity index (χ0) is 17.6. The zero-order valence-electron chi connectivity index (χ0n) is 14.7. The first-order valence-electron chi connectivity index (χ1n) is 9.26. The Morgan fingerprint density at radius 1 is 1.20 bits per heavy atom. The number of nitrogens with zero attached hydrogens (tertiary/aromatic N) is 1. The molecule has 1 aliphatic rings. The standard InChI is InChI=1S/C20H26ClN3O/c1-2-3-4-20(25)24-16-8-6-15(7-9-16)23-18-11-12-22-19-13-14(21)5-10-17(18)19/h5,10-13,15-16H,2-4,6-9H2,1H3,(H,22,23)(H,24,25). The van der Waals surface area contributed by atoms with Crippen LogP contribution in [-0.2, 0) is 4.79 Å². The Balaban J connectivity index is 1.55. The lowest BCUT2D eigenvalue weighted by Gasteiger charge is -2.30. The van der Waals surface area contributed by atoms with E-state index >= 15 is 0 Å². The van der Waals surface area contributed by atoms with Gasteiger partial charge in [0.2, 0.25) is 5.91 Å². The van der Waals surface area contributed by atoms with Gasteiger partial charge >= 0.3 is 0 Å². The summed E-state index contributed by atoms with van der Waals surface area (Å²) in [5, 5.41) is 8.64. The number of hydrogen-bond donors (Lipinski definition) is 2. The van der Waals surface area contributed by atoms with Gasteiger partial charge in [-0.05, 0) is 56.4 Å². The van der Waals surface area contributed by atoms with Gasteiger partial charge in [0.15, 0.2) is 0 Å². The van der Waals surface area contributed by atoms with Crippen molar-refractivity contribution >= 4 is 34.1 Å². The summed E-state index contributed by atoms with van der Waals surface area (Å²) >= 11 is 6.06. The normalized spacial score (nSPS) is 20.4. The van der Waals surface area contributed by atoms with E-state index in [0.29, 0.717) is 23.5 Å². The van der Waals surface area contributed by atoms with Crippen LogP contribution in [0, 0.1) is 0 Å². The van der Waals surface area contributed by atoms with Gasteiger partial charge in [0.25, 0.3) is 0 Å². The third-order valence-electron chi connectivity index (χ3n) is 4.91. The number of rotatable bonds is 6. The van der Waals surface area contributed by atoms with Crippen LogP contribution in [0.4, 0.5) is 5.69 Å². The Morgan fingerprint density at radius 3 is 2.72 bits per heavy atom. The molecule has 1 amide bonds. The predicted octanol–water partition coefficient (Wildman–Crippen LogP) is 4.92. The largest absolute Gasteiger partial charge is 0.382 e. The zero-order valence-corrected chi connectivity index (χ0v) is 15.5. The van der Waals surface area contributed by atoms with E-state index in [-0.39, 0.29) is 5.91 Å². The van der Waals surface area contributed by atoms with E-state index in [1.54, 1.807) is 0 Å². The van der Waals surface area contributed by atoms with E-state index in [4.69, 9.17) is 11.6 Å². The average molecular weight is 360 g/mol. The number of aromatic nitrogens is 1. The number of fused-ring (bicyclic) bond motifs is 1. The minimum Gasteiger partial charge on any atom is -0.382 e. The molecule has 134 valence electrons. The van der Waals surface area contributed by atoms with Crippen LogP contribution in [0.3, 0.4) is 0 Å². The summed E-state index contributed by atoms with van der Waals surface area (Å²) in [6.07, 6.45) is 8.71. The van der Waals surface area contributed by atoms with Crippen LogP contribution in [0.15, 0.2) is 30.5 Å². The van der Waals surface area contributed by atoms with E-state index < -0.39 is 0 Å². The highest BCUT2D eigenvalue weighted by molar-refractivity contribution is 6.31. The highest BCUT2D eigenvalue weighted by Gasteiger charge is 2.22. The maximum absolute atomic E-state index is 11.9. The minimum absolute atomic E-state index is 0.204. The summed E-state index contributed by atoms with van der Waals surface area (Å²) in [5.74, 6) is 0.204. The van der Waals surface area contributed by atoms with Gasteiger partial charge in [-0.2, -0.15) is 0 Å². The molecule has 1 aliphatic carbocycles. The second-order valence-corrected chi connectivity index (χ2v) is 7.32. The molecule has 2 N–H and O–H groups in total. The molecular weight excluding hydrogens is 334 g/mol. The number of halogens is 1. The molecule has 1 fully saturated rings. The summed E-state index contributed by atoms with van der Waals surface area (Å²) < 4.78 is 0. The summed E-state index contributed by atoms with van der Waals surface area (Å²) in [4.78, 5) is 16.3. The molecule has 0 saturated heterocycles. The molecular formula is C20H26ClN3O. The Kier molecular flexibility index (Phi) is 6.14. The fraction of sp³-hybridized carbons (Fsp3) is 0.500. The number of amides is 1. The first-order chi connectivity index (χ1) is 12.2. The van der Waals surface area contributed by atoms with Crippen molar-refractivity contribution in [2.75, 3.05) is 5.32 Å². The fourth-order valence-corrected chi connectivity index (χ4v) is 3.65. The summed E-state index contributed by atoms with van der Waals surface area (Å²) in [6.45, 7) is 2.11. The van der Waals surface area contributed by atoms with Crippen LogP contribution in [0.2, 0.25) is 5.02 Å². The van der Waals surface area contributed by atoms with Crippen molar-refractivity contribution < 1.29 is 4.79 Å². The highest BCUT2D eigenvalue weighted by atomic mass is 35.5. The molecule has 0 spiro atoms. The monoisotopic (exact) mass is 359 g/mol. The van der Waals surface area contributed by atoms with E-state index in [1.807, 2.05) is 30.5 Å². The van der Waals surface area contributed by atoms with Gasteiger partial charge in [0, 0.05) is 40.8 Å². The molecule has 5 heteroatoms. The Morgan fingerprint density at radius 2 is 1.96 bits per heavy atom.